The van der Waals surface area contributed by atoms with Crippen molar-refractivity contribution in [3.05, 3.63) is 57.8 Å². The zero-order valence-corrected chi connectivity index (χ0v) is 9.35. The summed E-state index contributed by atoms with van der Waals surface area (Å²) in [6.45, 7) is 0. The Kier molecular flexibility index (Phi) is 3.31. The van der Waals surface area contributed by atoms with Crippen LogP contribution in [0.3, 0.4) is 0 Å². The average molecular weight is 248 g/mol. The summed E-state index contributed by atoms with van der Waals surface area (Å²) in [4.78, 5) is 12.2. The SMILES string of the molecule is O=C(C#Cc1cccs1)c1c(F)cccc1F. The van der Waals surface area contributed by atoms with Crippen LogP contribution in [0.1, 0.15) is 15.2 Å². The summed E-state index contributed by atoms with van der Waals surface area (Å²) in [5.74, 6) is 2.15. The van der Waals surface area contributed by atoms with Crippen LogP contribution in [0.5, 0.6) is 0 Å². The fraction of sp³-hybridized carbons (Fsp3) is 0. The van der Waals surface area contributed by atoms with Gasteiger partial charge < -0.3 is 0 Å². The Morgan fingerprint density at radius 2 is 1.82 bits per heavy atom. The number of benzene rings is 1. The highest BCUT2D eigenvalue weighted by atomic mass is 32.1. The van der Waals surface area contributed by atoms with E-state index in [1.165, 1.54) is 17.4 Å². The van der Waals surface area contributed by atoms with Gasteiger partial charge in [0.2, 0.25) is 5.78 Å². The monoisotopic (exact) mass is 248 g/mol. The molecule has 84 valence electrons. The minimum atomic E-state index is -0.893. The van der Waals surface area contributed by atoms with Gasteiger partial charge in [-0.1, -0.05) is 12.1 Å². The topological polar surface area (TPSA) is 17.1 Å². The third-order valence-corrected chi connectivity index (χ3v) is 2.80. The van der Waals surface area contributed by atoms with Gasteiger partial charge >= 0.3 is 0 Å². The second kappa shape index (κ2) is 4.89. The van der Waals surface area contributed by atoms with Gasteiger partial charge in [0.1, 0.15) is 17.2 Å². The first-order valence-corrected chi connectivity index (χ1v) is 5.60. The molecule has 0 fully saturated rings. The Morgan fingerprint density at radius 1 is 1.12 bits per heavy atom. The van der Waals surface area contributed by atoms with E-state index in [4.69, 9.17) is 0 Å². The quantitative estimate of drug-likeness (QED) is 0.559. The van der Waals surface area contributed by atoms with Crippen LogP contribution in [-0.4, -0.2) is 5.78 Å². The molecule has 4 heteroatoms. The molecule has 0 aliphatic rings. The lowest BCUT2D eigenvalue weighted by Gasteiger charge is -1.97. The Morgan fingerprint density at radius 3 is 2.41 bits per heavy atom. The van der Waals surface area contributed by atoms with Gasteiger partial charge in [-0.2, -0.15) is 0 Å². The Balaban J connectivity index is 2.32. The minimum absolute atomic E-state index is 0.600. The fourth-order valence-electron chi connectivity index (χ4n) is 1.25. The molecule has 0 amide bonds. The molecule has 0 saturated carbocycles. The molecule has 1 aromatic carbocycles. The number of halogens is 2. The fourth-order valence-corrected chi connectivity index (χ4v) is 1.82. The number of ketones is 1. The third-order valence-electron chi connectivity index (χ3n) is 2.01. The van der Waals surface area contributed by atoms with Gasteiger partial charge in [-0.05, 0) is 35.4 Å². The van der Waals surface area contributed by atoms with Crippen molar-refractivity contribution in [3.63, 3.8) is 0 Å². The molecule has 1 nitrogen and oxygen atoms in total. The standard InChI is InChI=1S/C13H6F2OS/c14-10-4-1-5-11(15)13(10)12(16)7-6-9-3-2-8-17-9/h1-5,8H. The van der Waals surface area contributed by atoms with E-state index >= 15 is 0 Å². The number of rotatable bonds is 1. The van der Waals surface area contributed by atoms with Crippen molar-refractivity contribution in [1.82, 2.24) is 0 Å². The Hall–Kier alpha value is -1.99. The van der Waals surface area contributed by atoms with Crippen molar-refractivity contribution in [2.24, 2.45) is 0 Å². The van der Waals surface area contributed by atoms with E-state index in [0.717, 1.165) is 12.1 Å². The molecular formula is C13H6F2OS. The molecule has 17 heavy (non-hydrogen) atoms. The van der Waals surface area contributed by atoms with E-state index in [1.54, 1.807) is 17.5 Å². The number of hydrogen-bond donors (Lipinski definition) is 0. The molecule has 0 unspecified atom stereocenters. The van der Waals surface area contributed by atoms with E-state index in [-0.39, 0.29) is 0 Å². The van der Waals surface area contributed by atoms with Crippen molar-refractivity contribution < 1.29 is 13.6 Å². The summed E-state index contributed by atoms with van der Waals surface area (Å²) in [5.41, 5.74) is -0.600. The molecule has 0 aliphatic carbocycles. The summed E-state index contributed by atoms with van der Waals surface area (Å²) in [7, 11) is 0. The number of carbonyl (C=O) groups excluding carboxylic acids is 1. The predicted molar refractivity (Wildman–Crippen MR) is 61.9 cm³/mol. The van der Waals surface area contributed by atoms with Crippen LogP contribution in [0.2, 0.25) is 0 Å². The molecule has 0 N–H and O–H groups in total. The molecule has 0 aliphatic heterocycles. The molecule has 0 atom stereocenters. The molecule has 0 saturated heterocycles. The first-order chi connectivity index (χ1) is 8.18. The molecular weight excluding hydrogens is 242 g/mol. The number of hydrogen-bond acceptors (Lipinski definition) is 2. The first kappa shape index (κ1) is 11.5. The maximum atomic E-state index is 13.2. The van der Waals surface area contributed by atoms with Crippen molar-refractivity contribution in [1.29, 1.82) is 0 Å². The summed E-state index contributed by atoms with van der Waals surface area (Å²) in [6.07, 6.45) is 0. The van der Waals surface area contributed by atoms with Crippen molar-refractivity contribution in [2.45, 2.75) is 0 Å². The normalized spacial score (nSPS) is 9.53. The number of thiophene rings is 1. The highest BCUT2D eigenvalue weighted by Gasteiger charge is 2.14. The van der Waals surface area contributed by atoms with Gasteiger partial charge in [0.25, 0.3) is 0 Å². The van der Waals surface area contributed by atoms with Gasteiger partial charge in [-0.15, -0.1) is 11.3 Å². The lowest BCUT2D eigenvalue weighted by molar-refractivity contribution is 0.104. The summed E-state index contributed by atoms with van der Waals surface area (Å²) in [6, 6.07) is 6.77. The van der Waals surface area contributed by atoms with Crippen LogP contribution in [0.25, 0.3) is 0 Å². The first-order valence-electron chi connectivity index (χ1n) is 4.72. The predicted octanol–water partition coefficient (Wildman–Crippen LogP) is 3.26. The average Bonchev–Trinajstić information content (AvgIpc) is 2.79. The molecule has 1 heterocycles. The second-order valence-corrected chi connectivity index (χ2v) is 4.10. The summed E-state index contributed by atoms with van der Waals surface area (Å²) >= 11 is 1.36. The minimum Gasteiger partial charge on any atom is -0.279 e. The van der Waals surface area contributed by atoms with Crippen molar-refractivity contribution in [2.75, 3.05) is 0 Å². The van der Waals surface area contributed by atoms with Gasteiger partial charge in [0.05, 0.1) is 4.88 Å². The van der Waals surface area contributed by atoms with Gasteiger partial charge in [0, 0.05) is 0 Å². The van der Waals surface area contributed by atoms with Crippen LogP contribution >= 0.6 is 11.3 Å². The van der Waals surface area contributed by atoms with E-state index in [1.807, 2.05) is 0 Å². The maximum absolute atomic E-state index is 13.2. The molecule has 0 bridgehead atoms. The Labute approximate surface area is 101 Å². The highest BCUT2D eigenvalue weighted by Crippen LogP contribution is 2.12. The zero-order valence-electron chi connectivity index (χ0n) is 8.54. The summed E-state index contributed by atoms with van der Waals surface area (Å²) in [5, 5.41) is 1.80. The van der Waals surface area contributed by atoms with Crippen molar-refractivity contribution in [3.8, 4) is 11.8 Å². The van der Waals surface area contributed by atoms with Crippen LogP contribution in [0.4, 0.5) is 8.78 Å². The van der Waals surface area contributed by atoms with E-state index in [0.29, 0.717) is 4.88 Å². The van der Waals surface area contributed by atoms with Crippen LogP contribution in [-0.2, 0) is 0 Å². The van der Waals surface area contributed by atoms with E-state index in [2.05, 4.69) is 11.8 Å². The van der Waals surface area contributed by atoms with Crippen LogP contribution < -0.4 is 0 Å². The van der Waals surface area contributed by atoms with Gasteiger partial charge in [-0.3, -0.25) is 4.79 Å². The van der Waals surface area contributed by atoms with Crippen LogP contribution in [0.15, 0.2) is 35.7 Å². The molecule has 0 spiro atoms. The van der Waals surface area contributed by atoms with Crippen LogP contribution in [0, 0.1) is 23.5 Å². The maximum Gasteiger partial charge on any atom is 0.242 e. The number of Topliss-reactive ketones (excluding diaryl/α,β-unsaturated/α-hetero) is 1. The third kappa shape index (κ3) is 2.58. The largest absolute Gasteiger partial charge is 0.279 e. The van der Waals surface area contributed by atoms with E-state index < -0.39 is 23.0 Å². The zero-order chi connectivity index (χ0) is 12.3. The Bertz CT molecular complexity index is 586. The van der Waals surface area contributed by atoms with E-state index in [9.17, 15) is 13.6 Å². The smallest absolute Gasteiger partial charge is 0.242 e. The van der Waals surface area contributed by atoms with Gasteiger partial charge in [0.15, 0.2) is 0 Å². The molecule has 1 aromatic heterocycles. The molecule has 2 rings (SSSR count). The second-order valence-electron chi connectivity index (χ2n) is 3.15. The molecule has 2 aromatic rings. The summed E-state index contributed by atoms with van der Waals surface area (Å²) < 4.78 is 26.5. The van der Waals surface area contributed by atoms with Crippen molar-refractivity contribution >= 4 is 17.1 Å². The molecule has 0 radical (unpaired) electrons. The highest BCUT2D eigenvalue weighted by molar-refractivity contribution is 7.10. The lowest BCUT2D eigenvalue weighted by Crippen LogP contribution is -2.03. The van der Waals surface area contributed by atoms with Gasteiger partial charge in [-0.25, -0.2) is 8.78 Å². The number of carbonyl (C=O) groups is 1. The lowest BCUT2D eigenvalue weighted by atomic mass is 10.1.